The molecule has 3 aromatic rings. The summed E-state index contributed by atoms with van der Waals surface area (Å²) in [5, 5.41) is 11.3. The van der Waals surface area contributed by atoms with E-state index in [4.69, 9.17) is 33.7 Å². The summed E-state index contributed by atoms with van der Waals surface area (Å²) in [4.78, 5) is 52.0. The van der Waals surface area contributed by atoms with Crippen molar-refractivity contribution in [2.45, 2.75) is 89.7 Å². The fourth-order valence-electron chi connectivity index (χ4n) is 8.33. The Hall–Kier alpha value is -3.77. The molecule has 2 fully saturated rings. The van der Waals surface area contributed by atoms with E-state index < -0.39 is 58.9 Å². The van der Waals surface area contributed by atoms with Gasteiger partial charge in [0.05, 0.1) is 29.7 Å². The van der Waals surface area contributed by atoms with E-state index in [1.807, 2.05) is 32.6 Å². The number of pyridine rings is 1. The number of nitrogens with two attached hydrogens (primary N) is 1. The Balaban J connectivity index is 1.69. The zero-order chi connectivity index (χ0) is 35.7. The molecule has 13 heteroatoms. The number of methoxy groups -OCH3 is 1. The Kier molecular flexibility index (Phi) is 8.97. The Bertz CT molecular complexity index is 1850. The predicted molar refractivity (Wildman–Crippen MR) is 185 cm³/mol. The van der Waals surface area contributed by atoms with Crippen LogP contribution in [0.1, 0.15) is 81.3 Å². The SMILES string of the molecule is CCC(O)N1C(=O)[C@]2(c3cnc(Cl)cc31)[C@H](CC(C)(C)C)N1[C@H](CC)N(c3ccc(C(N)=O)cc3OC)C(=O)[C@H]1[C@@H]2c1cccc(Cl)c1F. The van der Waals surface area contributed by atoms with Gasteiger partial charge in [-0.05, 0) is 60.6 Å². The molecule has 1 aromatic heterocycles. The highest BCUT2D eigenvalue weighted by atomic mass is 35.5. The maximum Gasteiger partial charge on any atom is 0.248 e. The van der Waals surface area contributed by atoms with Crippen molar-refractivity contribution in [3.8, 4) is 5.75 Å². The first kappa shape index (κ1) is 35.1. The van der Waals surface area contributed by atoms with Gasteiger partial charge in [0, 0.05) is 29.3 Å². The third kappa shape index (κ3) is 5.19. The summed E-state index contributed by atoms with van der Waals surface area (Å²) in [5.74, 6) is -3.09. The molecule has 2 aromatic carbocycles. The first-order valence-corrected chi connectivity index (χ1v) is 17.1. The molecule has 10 nitrogen and oxygen atoms in total. The van der Waals surface area contributed by atoms with E-state index in [1.54, 1.807) is 36.1 Å². The third-order valence-electron chi connectivity index (χ3n) is 10.1. The van der Waals surface area contributed by atoms with Gasteiger partial charge in [-0.2, -0.15) is 0 Å². The third-order valence-corrected chi connectivity index (χ3v) is 10.6. The van der Waals surface area contributed by atoms with Crippen LogP contribution >= 0.6 is 23.2 Å². The molecule has 0 saturated carbocycles. The van der Waals surface area contributed by atoms with Crippen LogP contribution in [0.3, 0.4) is 0 Å². The Morgan fingerprint density at radius 2 is 1.86 bits per heavy atom. The number of primary amides is 1. The number of carbonyl (C=O) groups is 3. The molecular formula is C36H40Cl2FN5O5. The van der Waals surface area contributed by atoms with Crippen molar-refractivity contribution in [3.05, 3.63) is 81.3 Å². The second-order valence-electron chi connectivity index (χ2n) is 14.1. The van der Waals surface area contributed by atoms with Crippen molar-refractivity contribution in [2.24, 2.45) is 11.1 Å². The van der Waals surface area contributed by atoms with Crippen LogP contribution in [0.4, 0.5) is 15.8 Å². The second-order valence-corrected chi connectivity index (χ2v) is 14.9. The fraction of sp³-hybridized carbons (Fsp3) is 0.444. The van der Waals surface area contributed by atoms with Crippen molar-refractivity contribution in [2.75, 3.05) is 16.9 Å². The molecule has 3 aliphatic heterocycles. The van der Waals surface area contributed by atoms with Crippen LogP contribution in [0.2, 0.25) is 10.2 Å². The van der Waals surface area contributed by atoms with E-state index in [2.05, 4.69) is 4.98 Å². The van der Waals surface area contributed by atoms with E-state index >= 15 is 14.0 Å². The van der Waals surface area contributed by atoms with E-state index in [-0.39, 0.29) is 39.4 Å². The summed E-state index contributed by atoms with van der Waals surface area (Å²) in [5.41, 5.74) is 5.12. The van der Waals surface area contributed by atoms with Crippen molar-refractivity contribution >= 4 is 52.3 Å². The van der Waals surface area contributed by atoms with Gasteiger partial charge in [-0.15, -0.1) is 0 Å². The lowest BCUT2D eigenvalue weighted by Crippen LogP contribution is -2.57. The highest BCUT2D eigenvalue weighted by molar-refractivity contribution is 6.31. The van der Waals surface area contributed by atoms with Gasteiger partial charge in [-0.1, -0.05) is 70.0 Å². The topological polar surface area (TPSA) is 129 Å². The average Bonchev–Trinajstić information content (AvgIpc) is 3.59. The van der Waals surface area contributed by atoms with Gasteiger partial charge in [0.2, 0.25) is 17.7 Å². The van der Waals surface area contributed by atoms with Gasteiger partial charge in [0.15, 0.2) is 0 Å². The van der Waals surface area contributed by atoms with Crippen molar-refractivity contribution in [1.29, 1.82) is 0 Å². The molecule has 0 radical (unpaired) electrons. The van der Waals surface area contributed by atoms with Crippen LogP contribution in [0, 0.1) is 11.2 Å². The molecule has 6 atom stereocenters. The molecule has 2 saturated heterocycles. The minimum Gasteiger partial charge on any atom is -0.495 e. The first-order chi connectivity index (χ1) is 23.1. The Morgan fingerprint density at radius 3 is 2.47 bits per heavy atom. The molecule has 1 unspecified atom stereocenters. The van der Waals surface area contributed by atoms with E-state index in [0.717, 1.165) is 0 Å². The first-order valence-electron chi connectivity index (χ1n) is 16.3. The van der Waals surface area contributed by atoms with Crippen LogP contribution in [0.5, 0.6) is 5.75 Å². The number of halogens is 3. The van der Waals surface area contributed by atoms with E-state index in [1.165, 1.54) is 36.4 Å². The number of hydrogen-bond donors (Lipinski definition) is 2. The van der Waals surface area contributed by atoms with Gasteiger partial charge in [0.1, 0.15) is 34.4 Å². The lowest BCUT2D eigenvalue weighted by atomic mass is 9.62. The number of benzene rings is 2. The highest BCUT2D eigenvalue weighted by Crippen LogP contribution is 2.64. The van der Waals surface area contributed by atoms with Gasteiger partial charge in [0.25, 0.3) is 0 Å². The highest BCUT2D eigenvalue weighted by Gasteiger charge is 2.74. The summed E-state index contributed by atoms with van der Waals surface area (Å²) < 4.78 is 22.2. The molecular weight excluding hydrogens is 672 g/mol. The minimum absolute atomic E-state index is 0.0992. The molecule has 49 heavy (non-hydrogen) atoms. The monoisotopic (exact) mass is 711 g/mol. The number of carbonyl (C=O) groups excluding carboxylic acids is 3. The maximum atomic E-state index is 16.5. The Labute approximate surface area is 294 Å². The van der Waals surface area contributed by atoms with Crippen molar-refractivity contribution < 1.29 is 28.6 Å². The molecule has 0 aliphatic carbocycles. The lowest BCUT2D eigenvalue weighted by molar-refractivity contribution is -0.127. The number of aliphatic hydroxyl groups excluding tert-OH is 1. The zero-order valence-electron chi connectivity index (χ0n) is 28.2. The Morgan fingerprint density at radius 1 is 1.14 bits per heavy atom. The molecule has 260 valence electrons. The number of ether oxygens (including phenoxy) is 1. The van der Waals surface area contributed by atoms with Crippen LogP contribution in [0.15, 0.2) is 48.7 Å². The molecule has 4 heterocycles. The number of hydrogen-bond acceptors (Lipinski definition) is 7. The summed E-state index contributed by atoms with van der Waals surface area (Å²) >= 11 is 12.8. The molecule has 0 bridgehead atoms. The lowest BCUT2D eigenvalue weighted by Gasteiger charge is -2.43. The smallest absolute Gasteiger partial charge is 0.248 e. The largest absolute Gasteiger partial charge is 0.495 e. The summed E-state index contributed by atoms with van der Waals surface area (Å²) in [6, 6.07) is 9.02. The molecule has 3 amide bonds. The van der Waals surface area contributed by atoms with E-state index in [9.17, 15) is 9.90 Å². The number of amides is 3. The van der Waals surface area contributed by atoms with Gasteiger partial charge < -0.3 is 15.6 Å². The van der Waals surface area contributed by atoms with Crippen molar-refractivity contribution in [3.63, 3.8) is 0 Å². The fourth-order valence-corrected chi connectivity index (χ4v) is 8.67. The number of aliphatic hydroxyl groups is 1. The summed E-state index contributed by atoms with van der Waals surface area (Å²) in [6.45, 7) is 9.83. The van der Waals surface area contributed by atoms with Gasteiger partial charge >= 0.3 is 0 Å². The van der Waals surface area contributed by atoms with Gasteiger partial charge in [-0.3, -0.25) is 29.1 Å². The minimum atomic E-state index is -1.58. The van der Waals surface area contributed by atoms with Crippen LogP contribution in [0.25, 0.3) is 0 Å². The summed E-state index contributed by atoms with van der Waals surface area (Å²) in [7, 11) is 1.44. The number of anilines is 2. The molecule has 1 spiro atoms. The number of fused-ring (bicyclic) bond motifs is 3. The van der Waals surface area contributed by atoms with E-state index in [0.29, 0.717) is 29.8 Å². The average molecular weight is 713 g/mol. The van der Waals surface area contributed by atoms with Crippen molar-refractivity contribution in [1.82, 2.24) is 9.88 Å². The second kappa shape index (κ2) is 12.5. The molecule has 6 rings (SSSR count). The molecule has 3 aliphatic rings. The van der Waals surface area contributed by atoms with Gasteiger partial charge in [-0.25, -0.2) is 9.37 Å². The number of aromatic nitrogens is 1. The zero-order valence-corrected chi connectivity index (χ0v) is 29.7. The quantitative estimate of drug-likeness (QED) is 0.274. The predicted octanol–water partition coefficient (Wildman–Crippen LogP) is 6.00. The normalized spacial score (nSPS) is 25.7. The van der Waals surface area contributed by atoms with Crippen LogP contribution in [-0.4, -0.2) is 64.3 Å². The van der Waals surface area contributed by atoms with Crippen LogP contribution in [-0.2, 0) is 15.0 Å². The maximum absolute atomic E-state index is 16.5. The summed E-state index contributed by atoms with van der Waals surface area (Å²) in [6.07, 6.45) is 0.721. The standard InChI is InChI=1S/C36H40Cl2FN5O5/c1-7-27-42(22-13-12-18(32(40)46)14-24(22)49-6)33(47)31-29(19-10-9-11-21(37)30(19)39)36(25(44(27)31)16-35(3,4)5)20-17-41-26(38)15-23(20)43(34(36)48)28(45)8-2/h9-15,17,25,27-29,31,45H,7-8,16H2,1-6H3,(H2,40,46)/t25-,27+,28?,29-,31+,36+/m0/s1. The number of nitrogens with zero attached hydrogens (tertiary/aromatic N) is 4. The number of rotatable bonds is 8. The molecule has 3 N–H and O–H groups in total. The van der Waals surface area contributed by atoms with Crippen LogP contribution < -0.4 is 20.3 Å².